The number of nitrogens with one attached hydrogen (secondary N) is 1. The number of fused-ring (bicyclic) bond motifs is 1. The van der Waals surface area contributed by atoms with Crippen molar-refractivity contribution in [1.29, 1.82) is 0 Å². The number of aromatic amines is 1. The summed E-state index contributed by atoms with van der Waals surface area (Å²) in [6.07, 6.45) is 1.82. The lowest BCUT2D eigenvalue weighted by Gasteiger charge is -2.06. The zero-order chi connectivity index (χ0) is 16.8. The second-order valence-electron chi connectivity index (χ2n) is 4.46. The van der Waals surface area contributed by atoms with Crippen LogP contribution in [0.25, 0.3) is 10.9 Å². The Morgan fingerprint density at radius 1 is 1.17 bits per heavy atom. The minimum atomic E-state index is -0.777. The Morgan fingerprint density at radius 3 is 2.61 bits per heavy atom. The Morgan fingerprint density at radius 2 is 1.87 bits per heavy atom. The highest BCUT2D eigenvalue weighted by atomic mass is 16.5. The van der Waals surface area contributed by atoms with Gasteiger partial charge < -0.3 is 14.5 Å². The average molecular weight is 318 g/mol. The van der Waals surface area contributed by atoms with Crippen molar-refractivity contribution in [2.75, 3.05) is 13.7 Å². The van der Waals surface area contributed by atoms with Gasteiger partial charge in [0.15, 0.2) is 0 Å². The Bertz CT molecular complexity index is 877. The molecule has 0 atom stereocenters. The third-order valence-corrected chi connectivity index (χ3v) is 3.01. The number of ether oxygens (including phenoxy) is 2. The fourth-order valence-electron chi connectivity index (χ4n) is 1.89. The maximum absolute atomic E-state index is 12.2. The maximum atomic E-state index is 12.2. The molecule has 0 saturated carbocycles. The number of hydrogen-bond acceptors (Lipinski definition) is 6. The van der Waals surface area contributed by atoms with Crippen LogP contribution in [0.5, 0.6) is 0 Å². The number of H-pyrrole nitrogens is 1. The predicted molar refractivity (Wildman–Crippen MR) is 80.9 cm³/mol. The first kappa shape index (κ1) is 16.2. The van der Waals surface area contributed by atoms with Gasteiger partial charge in [0.1, 0.15) is 6.61 Å². The number of aromatic nitrogens is 2. The van der Waals surface area contributed by atoms with Gasteiger partial charge in [-0.15, -0.1) is 0 Å². The van der Waals surface area contributed by atoms with Crippen LogP contribution >= 0.6 is 0 Å². The number of carbonyl (C=O) groups excluding carboxylic acids is 2. The largest absolute Gasteiger partial charge is 0.466 e. The molecule has 23 heavy (non-hydrogen) atoms. The molecule has 0 aliphatic heterocycles. The molecular weight excluding hydrogens is 304 g/mol. The van der Waals surface area contributed by atoms with Crippen molar-refractivity contribution in [3.63, 3.8) is 0 Å². The van der Waals surface area contributed by atoms with Gasteiger partial charge in [0.25, 0.3) is 5.56 Å². The number of para-hydroxylation sites is 1. The Balaban J connectivity index is 2.07. The van der Waals surface area contributed by atoms with Crippen molar-refractivity contribution in [1.82, 2.24) is 9.55 Å². The molecule has 0 amide bonds. The molecule has 1 heterocycles. The molecule has 2 aromatic rings. The highest BCUT2D eigenvalue weighted by molar-refractivity contribution is 5.91. The SMILES string of the molecule is COC(=O)C=CC(=O)OCCn1c(=O)[nH]c2ccccc2c1=O. The van der Waals surface area contributed by atoms with Gasteiger partial charge in [-0.05, 0) is 12.1 Å². The maximum Gasteiger partial charge on any atom is 0.331 e. The van der Waals surface area contributed by atoms with Gasteiger partial charge in [0.05, 0.1) is 24.6 Å². The molecule has 0 aliphatic carbocycles. The van der Waals surface area contributed by atoms with E-state index in [9.17, 15) is 19.2 Å². The first-order chi connectivity index (χ1) is 11.0. The summed E-state index contributed by atoms with van der Waals surface area (Å²) in [6, 6.07) is 6.61. The van der Waals surface area contributed by atoms with Gasteiger partial charge in [-0.1, -0.05) is 12.1 Å². The van der Waals surface area contributed by atoms with Crippen LogP contribution in [0, 0.1) is 0 Å². The van der Waals surface area contributed by atoms with E-state index in [2.05, 4.69) is 9.72 Å². The molecule has 8 nitrogen and oxygen atoms in total. The Kier molecular flexibility index (Phi) is 5.08. The molecule has 1 aromatic heterocycles. The Hall–Kier alpha value is -3.16. The highest BCUT2D eigenvalue weighted by Crippen LogP contribution is 2.02. The van der Waals surface area contributed by atoms with E-state index in [0.29, 0.717) is 10.9 Å². The van der Waals surface area contributed by atoms with Crippen LogP contribution in [-0.4, -0.2) is 35.2 Å². The van der Waals surface area contributed by atoms with Gasteiger partial charge in [-0.25, -0.2) is 14.4 Å². The van der Waals surface area contributed by atoms with Crippen LogP contribution < -0.4 is 11.2 Å². The van der Waals surface area contributed by atoms with E-state index >= 15 is 0 Å². The summed E-state index contributed by atoms with van der Waals surface area (Å²) >= 11 is 0. The van der Waals surface area contributed by atoms with Gasteiger partial charge in [0.2, 0.25) is 0 Å². The number of nitrogens with zero attached hydrogens (tertiary/aromatic N) is 1. The van der Waals surface area contributed by atoms with Crippen molar-refractivity contribution >= 4 is 22.8 Å². The van der Waals surface area contributed by atoms with Crippen LogP contribution in [0.1, 0.15) is 0 Å². The molecule has 0 fully saturated rings. The van der Waals surface area contributed by atoms with Crippen molar-refractivity contribution in [3.05, 3.63) is 57.3 Å². The number of rotatable bonds is 5. The third-order valence-electron chi connectivity index (χ3n) is 3.01. The van der Waals surface area contributed by atoms with E-state index < -0.39 is 23.2 Å². The molecule has 2 rings (SSSR count). The lowest BCUT2D eigenvalue weighted by Crippen LogP contribution is -2.36. The van der Waals surface area contributed by atoms with Crippen LogP contribution in [0.15, 0.2) is 46.0 Å². The van der Waals surface area contributed by atoms with Gasteiger partial charge in [-0.3, -0.25) is 9.36 Å². The monoisotopic (exact) mass is 318 g/mol. The molecular formula is C15H14N2O6. The second-order valence-corrected chi connectivity index (χ2v) is 4.46. The lowest BCUT2D eigenvalue weighted by molar-refractivity contribution is -0.139. The van der Waals surface area contributed by atoms with E-state index in [-0.39, 0.29) is 13.2 Å². The molecule has 1 N–H and O–H groups in total. The number of benzene rings is 1. The van der Waals surface area contributed by atoms with E-state index in [1.165, 1.54) is 7.11 Å². The predicted octanol–water partition coefficient (Wildman–Crippen LogP) is -0.0378. The second kappa shape index (κ2) is 7.21. The van der Waals surface area contributed by atoms with E-state index in [1.807, 2.05) is 0 Å². The summed E-state index contributed by atoms with van der Waals surface area (Å²) in [5.74, 6) is -1.47. The molecule has 0 radical (unpaired) electrons. The summed E-state index contributed by atoms with van der Waals surface area (Å²) in [5, 5.41) is 0.365. The smallest absolute Gasteiger partial charge is 0.331 e. The van der Waals surface area contributed by atoms with Gasteiger partial charge in [-0.2, -0.15) is 0 Å². The number of hydrogen-bond donors (Lipinski definition) is 1. The normalized spacial score (nSPS) is 10.8. The fourth-order valence-corrected chi connectivity index (χ4v) is 1.89. The lowest BCUT2D eigenvalue weighted by atomic mass is 10.2. The van der Waals surface area contributed by atoms with Crippen LogP contribution in [-0.2, 0) is 25.6 Å². The fraction of sp³-hybridized carbons (Fsp3) is 0.200. The summed E-state index contributed by atoms with van der Waals surface area (Å²) < 4.78 is 10.1. The quantitative estimate of drug-likeness (QED) is 0.612. The molecule has 0 saturated heterocycles. The number of carbonyl (C=O) groups is 2. The standard InChI is InChI=1S/C15H14N2O6/c1-22-12(18)6-7-13(19)23-9-8-17-14(20)10-4-2-3-5-11(10)16-15(17)21/h2-7H,8-9H2,1H3,(H,16,21). The molecule has 8 heteroatoms. The highest BCUT2D eigenvalue weighted by Gasteiger charge is 2.07. The Labute approximate surface area is 130 Å². The zero-order valence-electron chi connectivity index (χ0n) is 12.3. The first-order valence-electron chi connectivity index (χ1n) is 6.67. The molecule has 1 aromatic carbocycles. The number of esters is 2. The summed E-state index contributed by atoms with van der Waals surface area (Å²) in [7, 11) is 1.18. The van der Waals surface area contributed by atoms with Crippen LogP contribution in [0.4, 0.5) is 0 Å². The van der Waals surface area contributed by atoms with Crippen LogP contribution in [0.3, 0.4) is 0 Å². The average Bonchev–Trinajstić information content (AvgIpc) is 2.55. The van der Waals surface area contributed by atoms with E-state index in [0.717, 1.165) is 16.7 Å². The van der Waals surface area contributed by atoms with Crippen molar-refractivity contribution < 1.29 is 19.1 Å². The molecule has 0 spiro atoms. The topological polar surface area (TPSA) is 107 Å². The number of methoxy groups -OCH3 is 1. The molecule has 0 aliphatic rings. The van der Waals surface area contributed by atoms with Crippen molar-refractivity contribution in [2.24, 2.45) is 0 Å². The first-order valence-corrected chi connectivity index (χ1v) is 6.67. The van der Waals surface area contributed by atoms with Crippen LogP contribution in [0.2, 0.25) is 0 Å². The third kappa shape index (κ3) is 3.94. The van der Waals surface area contributed by atoms with E-state index in [4.69, 9.17) is 4.74 Å². The van der Waals surface area contributed by atoms with E-state index in [1.54, 1.807) is 24.3 Å². The van der Waals surface area contributed by atoms with Crippen molar-refractivity contribution in [3.8, 4) is 0 Å². The zero-order valence-corrected chi connectivity index (χ0v) is 12.3. The van der Waals surface area contributed by atoms with Gasteiger partial charge >= 0.3 is 17.6 Å². The van der Waals surface area contributed by atoms with Crippen molar-refractivity contribution in [2.45, 2.75) is 6.54 Å². The molecule has 0 unspecified atom stereocenters. The molecule has 0 bridgehead atoms. The summed E-state index contributed by atoms with van der Waals surface area (Å²) in [6.45, 7) is -0.289. The molecule has 120 valence electrons. The summed E-state index contributed by atoms with van der Waals surface area (Å²) in [5.41, 5.74) is -0.614. The van der Waals surface area contributed by atoms with Gasteiger partial charge in [0, 0.05) is 12.2 Å². The minimum absolute atomic E-state index is 0.100. The minimum Gasteiger partial charge on any atom is -0.466 e. The summed E-state index contributed by atoms with van der Waals surface area (Å²) in [4.78, 5) is 48.8.